The zero-order valence-electron chi connectivity index (χ0n) is 13.0. The Morgan fingerprint density at radius 2 is 1.68 bits per heavy atom. The van der Waals surface area contributed by atoms with E-state index in [0.29, 0.717) is 5.56 Å². The molecule has 0 aliphatic rings. The molecule has 0 spiro atoms. The molecule has 3 aromatic rings. The Kier molecular flexibility index (Phi) is 4.16. The fraction of sp³-hybridized carbons (Fsp3) is 0.111. The topological polar surface area (TPSA) is 34.9 Å². The van der Waals surface area contributed by atoms with Crippen LogP contribution >= 0.6 is 0 Å². The predicted molar refractivity (Wildman–Crippen MR) is 85.3 cm³/mol. The van der Waals surface area contributed by atoms with E-state index in [1.807, 2.05) is 0 Å². The molecule has 3 nitrogen and oxygen atoms in total. The van der Waals surface area contributed by atoms with Gasteiger partial charge in [-0.15, -0.1) is 0 Å². The van der Waals surface area contributed by atoms with Gasteiger partial charge < -0.3 is 0 Å². The summed E-state index contributed by atoms with van der Waals surface area (Å²) in [5, 5.41) is 4.07. The maximum absolute atomic E-state index is 13.4. The lowest BCUT2D eigenvalue weighted by atomic mass is 10.0. The summed E-state index contributed by atoms with van der Waals surface area (Å²) in [5.41, 5.74) is -0.453. The Labute approximate surface area is 140 Å². The molecule has 0 aliphatic carbocycles. The van der Waals surface area contributed by atoms with Gasteiger partial charge in [-0.1, -0.05) is 24.3 Å². The summed E-state index contributed by atoms with van der Waals surface area (Å²) in [6.45, 7) is 0. The highest BCUT2D eigenvalue weighted by atomic mass is 19.4. The quantitative estimate of drug-likeness (QED) is 0.648. The monoisotopic (exact) mass is 348 g/mol. The maximum atomic E-state index is 13.4. The van der Waals surface area contributed by atoms with Crippen LogP contribution in [0.25, 0.3) is 22.4 Å². The van der Waals surface area contributed by atoms with E-state index in [4.69, 9.17) is 0 Å². The van der Waals surface area contributed by atoms with Crippen molar-refractivity contribution in [2.75, 3.05) is 0 Å². The Balaban J connectivity index is 2.13. The van der Waals surface area contributed by atoms with E-state index in [-0.39, 0.29) is 16.8 Å². The van der Waals surface area contributed by atoms with E-state index < -0.39 is 23.0 Å². The first-order chi connectivity index (χ1) is 11.8. The van der Waals surface area contributed by atoms with Crippen molar-refractivity contribution in [1.82, 2.24) is 9.78 Å². The SMILES string of the molecule is Cn1cc(-c2cccc(F)c2)c(=O)c(-c2ccc(C(F)(F)F)cc2)n1. The van der Waals surface area contributed by atoms with Crippen LogP contribution in [0.2, 0.25) is 0 Å². The van der Waals surface area contributed by atoms with Crippen molar-refractivity contribution in [3.05, 3.63) is 76.3 Å². The maximum Gasteiger partial charge on any atom is 0.416 e. The Bertz CT molecular complexity index is 976. The Hall–Kier alpha value is -2.96. The Morgan fingerprint density at radius 1 is 1.00 bits per heavy atom. The summed E-state index contributed by atoms with van der Waals surface area (Å²) >= 11 is 0. The fourth-order valence-electron chi connectivity index (χ4n) is 2.47. The molecular formula is C18H12F4N2O. The largest absolute Gasteiger partial charge is 0.416 e. The molecular weight excluding hydrogens is 336 g/mol. The van der Waals surface area contributed by atoms with E-state index in [1.165, 1.54) is 41.2 Å². The lowest BCUT2D eigenvalue weighted by Gasteiger charge is -2.10. The Morgan fingerprint density at radius 3 is 2.28 bits per heavy atom. The first-order valence-electron chi connectivity index (χ1n) is 7.27. The van der Waals surface area contributed by atoms with Gasteiger partial charge in [-0.05, 0) is 29.8 Å². The van der Waals surface area contributed by atoms with E-state index >= 15 is 0 Å². The molecule has 128 valence electrons. The minimum absolute atomic E-state index is 0.00187. The number of aromatic nitrogens is 2. The molecule has 3 rings (SSSR count). The number of hydrogen-bond donors (Lipinski definition) is 0. The van der Waals surface area contributed by atoms with Gasteiger partial charge in [0.25, 0.3) is 0 Å². The van der Waals surface area contributed by atoms with Gasteiger partial charge in [-0.25, -0.2) is 4.39 Å². The molecule has 0 atom stereocenters. The number of rotatable bonds is 2. The van der Waals surface area contributed by atoms with Crippen molar-refractivity contribution < 1.29 is 17.6 Å². The number of hydrogen-bond acceptors (Lipinski definition) is 2. The molecule has 0 radical (unpaired) electrons. The van der Waals surface area contributed by atoms with Crippen LogP contribution in [-0.2, 0) is 13.2 Å². The van der Waals surface area contributed by atoms with Crippen molar-refractivity contribution in [3.8, 4) is 22.4 Å². The smallest absolute Gasteiger partial charge is 0.287 e. The second-order valence-corrected chi connectivity index (χ2v) is 5.48. The first kappa shape index (κ1) is 16.9. The van der Waals surface area contributed by atoms with Gasteiger partial charge in [0.05, 0.1) is 5.56 Å². The standard InChI is InChI=1S/C18H12F4N2O/c1-24-10-15(12-3-2-4-14(19)9-12)17(25)16(23-24)11-5-7-13(8-6-11)18(20,21)22/h2-10H,1H3. The summed E-state index contributed by atoms with van der Waals surface area (Å²) in [6.07, 6.45) is -3.01. The molecule has 0 bridgehead atoms. The van der Waals surface area contributed by atoms with Gasteiger partial charge in [-0.3, -0.25) is 9.48 Å². The van der Waals surface area contributed by atoms with Crippen LogP contribution in [0.3, 0.4) is 0 Å². The molecule has 7 heteroatoms. The van der Waals surface area contributed by atoms with Crippen molar-refractivity contribution in [3.63, 3.8) is 0 Å². The molecule has 0 aliphatic heterocycles. The summed E-state index contributed by atoms with van der Waals surface area (Å²) < 4.78 is 52.8. The van der Waals surface area contributed by atoms with Crippen LogP contribution in [0.15, 0.2) is 59.5 Å². The zero-order valence-corrected chi connectivity index (χ0v) is 13.0. The third kappa shape index (κ3) is 3.45. The summed E-state index contributed by atoms with van der Waals surface area (Å²) in [6, 6.07) is 9.71. The number of halogens is 4. The molecule has 0 saturated carbocycles. The molecule has 0 N–H and O–H groups in total. The fourth-order valence-corrected chi connectivity index (χ4v) is 2.47. The van der Waals surface area contributed by atoms with Crippen LogP contribution in [0, 0.1) is 5.82 Å². The lowest BCUT2D eigenvalue weighted by Crippen LogP contribution is -2.15. The predicted octanol–water partition coefficient (Wildman–Crippen LogP) is 4.27. The molecule has 0 unspecified atom stereocenters. The molecule has 2 aromatic carbocycles. The van der Waals surface area contributed by atoms with E-state index in [2.05, 4.69) is 5.10 Å². The molecule has 1 heterocycles. The van der Waals surface area contributed by atoms with E-state index in [1.54, 1.807) is 13.1 Å². The number of alkyl halides is 3. The third-order valence-electron chi connectivity index (χ3n) is 3.65. The van der Waals surface area contributed by atoms with Gasteiger partial charge in [0, 0.05) is 24.4 Å². The highest BCUT2D eigenvalue weighted by Crippen LogP contribution is 2.30. The average Bonchev–Trinajstić information content (AvgIpc) is 2.56. The van der Waals surface area contributed by atoms with Crippen molar-refractivity contribution in [2.45, 2.75) is 6.18 Å². The van der Waals surface area contributed by atoms with Crippen LogP contribution in [0.1, 0.15) is 5.56 Å². The van der Waals surface area contributed by atoms with Crippen LogP contribution < -0.4 is 5.43 Å². The van der Waals surface area contributed by atoms with Gasteiger partial charge in [0.1, 0.15) is 11.5 Å². The lowest BCUT2D eigenvalue weighted by molar-refractivity contribution is -0.137. The van der Waals surface area contributed by atoms with Crippen molar-refractivity contribution in [1.29, 1.82) is 0 Å². The van der Waals surface area contributed by atoms with Crippen LogP contribution in [0.4, 0.5) is 17.6 Å². The van der Waals surface area contributed by atoms with E-state index in [9.17, 15) is 22.4 Å². The summed E-state index contributed by atoms with van der Waals surface area (Å²) in [4.78, 5) is 12.7. The number of nitrogens with zero attached hydrogens (tertiary/aromatic N) is 2. The molecule has 0 saturated heterocycles. The number of aryl methyl sites for hydroxylation is 1. The average molecular weight is 348 g/mol. The van der Waals surface area contributed by atoms with Crippen molar-refractivity contribution >= 4 is 0 Å². The van der Waals surface area contributed by atoms with Crippen molar-refractivity contribution in [2.24, 2.45) is 7.05 Å². The normalized spacial score (nSPS) is 11.6. The van der Waals surface area contributed by atoms with Crippen LogP contribution in [0.5, 0.6) is 0 Å². The zero-order chi connectivity index (χ0) is 18.2. The third-order valence-corrected chi connectivity index (χ3v) is 3.65. The number of benzene rings is 2. The molecule has 0 fully saturated rings. The minimum Gasteiger partial charge on any atom is -0.287 e. The molecule has 1 aromatic heterocycles. The molecule has 25 heavy (non-hydrogen) atoms. The second-order valence-electron chi connectivity index (χ2n) is 5.48. The van der Waals surface area contributed by atoms with Crippen LogP contribution in [-0.4, -0.2) is 9.78 Å². The first-order valence-corrected chi connectivity index (χ1v) is 7.27. The highest BCUT2D eigenvalue weighted by Gasteiger charge is 2.30. The second kappa shape index (κ2) is 6.16. The molecule has 0 amide bonds. The van der Waals surface area contributed by atoms with Gasteiger partial charge >= 0.3 is 6.18 Å². The van der Waals surface area contributed by atoms with Gasteiger partial charge in [0.15, 0.2) is 0 Å². The van der Waals surface area contributed by atoms with E-state index in [0.717, 1.165) is 12.1 Å². The van der Waals surface area contributed by atoms with Gasteiger partial charge in [-0.2, -0.15) is 18.3 Å². The summed E-state index contributed by atoms with van der Waals surface area (Å²) in [5.74, 6) is -0.493. The highest BCUT2D eigenvalue weighted by molar-refractivity contribution is 5.69. The minimum atomic E-state index is -4.46. The summed E-state index contributed by atoms with van der Waals surface area (Å²) in [7, 11) is 1.58. The van der Waals surface area contributed by atoms with Gasteiger partial charge in [0.2, 0.25) is 5.43 Å².